The number of likely N-dealkylation sites (tertiary alicyclic amines) is 1. The van der Waals surface area contributed by atoms with Gasteiger partial charge in [-0.15, -0.1) is 0 Å². The largest absolute Gasteiger partial charge is 0.396 e. The molecule has 0 aliphatic carbocycles. The first kappa shape index (κ1) is 22.9. The normalized spacial score (nSPS) is 18.1. The van der Waals surface area contributed by atoms with E-state index in [1.807, 2.05) is 60.7 Å². The Bertz CT molecular complexity index is 807. The fourth-order valence-corrected chi connectivity index (χ4v) is 4.15. The molecule has 2 aromatic rings. The van der Waals surface area contributed by atoms with Crippen LogP contribution in [0.5, 0.6) is 0 Å². The summed E-state index contributed by atoms with van der Waals surface area (Å²) in [5.41, 5.74) is 8.11. The maximum Gasteiger partial charge on any atom is 0.243 e. The van der Waals surface area contributed by atoms with Gasteiger partial charge in [0.1, 0.15) is 6.04 Å². The van der Waals surface area contributed by atoms with E-state index in [1.165, 1.54) is 0 Å². The second-order valence-corrected chi connectivity index (χ2v) is 7.98. The van der Waals surface area contributed by atoms with Crippen LogP contribution in [0.15, 0.2) is 60.7 Å². The zero-order valence-electron chi connectivity index (χ0n) is 17.9. The molecule has 0 saturated carbocycles. The summed E-state index contributed by atoms with van der Waals surface area (Å²) in [7, 11) is 1.75. The van der Waals surface area contributed by atoms with Gasteiger partial charge in [0.05, 0.1) is 12.1 Å². The number of nitrogens with zero attached hydrogens (tertiary/aromatic N) is 1. The molecule has 1 aliphatic rings. The van der Waals surface area contributed by atoms with Crippen molar-refractivity contribution >= 4 is 11.8 Å². The van der Waals surface area contributed by atoms with Gasteiger partial charge in [0.15, 0.2) is 0 Å². The van der Waals surface area contributed by atoms with Crippen molar-refractivity contribution in [2.24, 2.45) is 11.7 Å². The van der Waals surface area contributed by atoms with Gasteiger partial charge in [-0.25, -0.2) is 0 Å². The number of aliphatic hydroxyl groups is 1. The molecule has 3 atom stereocenters. The predicted octanol–water partition coefficient (Wildman–Crippen LogP) is 1.04. The molecular weight excluding hydrogens is 392 g/mol. The minimum absolute atomic E-state index is 0.190. The van der Waals surface area contributed by atoms with E-state index in [2.05, 4.69) is 10.6 Å². The monoisotopic (exact) mass is 424 g/mol. The molecule has 31 heavy (non-hydrogen) atoms. The average Bonchev–Trinajstić information content (AvgIpc) is 3.31. The lowest BCUT2D eigenvalue weighted by Gasteiger charge is -2.31. The molecule has 2 amide bonds. The summed E-state index contributed by atoms with van der Waals surface area (Å²) in [5, 5.41) is 15.7. The van der Waals surface area contributed by atoms with E-state index < -0.39 is 18.0 Å². The number of rotatable bonds is 9. The first-order chi connectivity index (χ1) is 15.1. The summed E-state index contributed by atoms with van der Waals surface area (Å²) >= 11 is 0. The third-order valence-electron chi connectivity index (χ3n) is 5.88. The molecule has 3 rings (SSSR count). The van der Waals surface area contributed by atoms with Crippen molar-refractivity contribution in [2.45, 2.75) is 31.0 Å². The van der Waals surface area contributed by atoms with Crippen LogP contribution in [-0.4, -0.2) is 60.6 Å². The Labute approximate surface area is 183 Å². The van der Waals surface area contributed by atoms with Crippen molar-refractivity contribution < 1.29 is 14.7 Å². The van der Waals surface area contributed by atoms with Crippen LogP contribution in [0.1, 0.15) is 30.0 Å². The first-order valence-electron chi connectivity index (χ1n) is 10.8. The number of amides is 2. The summed E-state index contributed by atoms with van der Waals surface area (Å²) in [4.78, 5) is 27.9. The third kappa shape index (κ3) is 5.50. The second kappa shape index (κ2) is 11.0. The van der Waals surface area contributed by atoms with Crippen LogP contribution >= 0.6 is 0 Å². The van der Waals surface area contributed by atoms with E-state index >= 15 is 0 Å². The van der Waals surface area contributed by atoms with Crippen LogP contribution in [-0.2, 0) is 9.59 Å². The molecule has 3 unspecified atom stereocenters. The molecule has 5 N–H and O–H groups in total. The molecule has 0 aromatic heterocycles. The quantitative estimate of drug-likeness (QED) is 0.481. The minimum Gasteiger partial charge on any atom is -0.396 e. The van der Waals surface area contributed by atoms with Crippen molar-refractivity contribution in [3.05, 3.63) is 71.8 Å². The maximum absolute atomic E-state index is 13.3. The Morgan fingerprint density at radius 1 is 1.10 bits per heavy atom. The van der Waals surface area contributed by atoms with Crippen molar-refractivity contribution in [2.75, 3.05) is 26.7 Å². The van der Waals surface area contributed by atoms with Gasteiger partial charge in [-0.1, -0.05) is 60.7 Å². The van der Waals surface area contributed by atoms with E-state index in [4.69, 9.17) is 5.73 Å². The minimum atomic E-state index is -0.857. The fraction of sp³-hybridized carbons (Fsp3) is 0.417. The lowest BCUT2D eigenvalue weighted by Crippen LogP contribution is -2.55. The Hall–Kier alpha value is -2.74. The van der Waals surface area contributed by atoms with Gasteiger partial charge < -0.3 is 26.4 Å². The van der Waals surface area contributed by atoms with Crippen molar-refractivity contribution in [3.63, 3.8) is 0 Å². The lowest BCUT2D eigenvalue weighted by molar-refractivity contribution is -0.140. The Kier molecular flexibility index (Phi) is 8.17. The van der Waals surface area contributed by atoms with E-state index in [9.17, 15) is 14.7 Å². The highest BCUT2D eigenvalue weighted by Crippen LogP contribution is 2.25. The molecule has 0 bridgehead atoms. The van der Waals surface area contributed by atoms with E-state index in [0.717, 1.165) is 17.5 Å². The Balaban J connectivity index is 1.77. The SMILES string of the molecule is CNCC(CO)C(N)C(=O)N1CCCC1C(=O)NC(c1ccccc1)c1ccccc1. The molecule has 1 fully saturated rings. The fourth-order valence-electron chi connectivity index (χ4n) is 4.15. The van der Waals surface area contributed by atoms with Gasteiger partial charge in [-0.05, 0) is 31.0 Å². The number of nitrogens with one attached hydrogen (secondary N) is 2. The van der Waals surface area contributed by atoms with Crippen LogP contribution in [0.2, 0.25) is 0 Å². The zero-order valence-corrected chi connectivity index (χ0v) is 17.9. The van der Waals surface area contributed by atoms with Gasteiger partial charge >= 0.3 is 0 Å². The number of carbonyl (C=O) groups is 2. The van der Waals surface area contributed by atoms with E-state index in [-0.39, 0.29) is 24.5 Å². The molecule has 7 nitrogen and oxygen atoms in total. The standard InChI is InChI=1S/C24H32N4O3/c1-26-15-19(16-29)21(25)24(31)28-14-8-13-20(28)23(30)27-22(17-9-4-2-5-10-17)18-11-6-3-7-12-18/h2-7,9-12,19-22,26,29H,8,13-16,25H2,1H3,(H,27,30). The number of hydrogen-bond acceptors (Lipinski definition) is 5. The Morgan fingerprint density at radius 2 is 1.68 bits per heavy atom. The summed E-state index contributed by atoms with van der Waals surface area (Å²) in [6.07, 6.45) is 1.34. The first-order valence-corrected chi connectivity index (χ1v) is 10.8. The number of hydrogen-bond donors (Lipinski definition) is 4. The molecular formula is C24H32N4O3. The van der Waals surface area contributed by atoms with Crippen molar-refractivity contribution in [3.8, 4) is 0 Å². The van der Waals surface area contributed by atoms with Crippen LogP contribution in [0.25, 0.3) is 0 Å². The summed E-state index contributed by atoms with van der Waals surface area (Å²) in [6.45, 7) is 0.727. The van der Waals surface area contributed by atoms with Gasteiger partial charge in [0.2, 0.25) is 11.8 Å². The molecule has 0 radical (unpaired) electrons. The Morgan fingerprint density at radius 3 is 2.19 bits per heavy atom. The molecule has 1 saturated heterocycles. The van der Waals surface area contributed by atoms with Crippen molar-refractivity contribution in [1.82, 2.24) is 15.5 Å². The highest BCUT2D eigenvalue weighted by molar-refractivity contribution is 5.90. The highest BCUT2D eigenvalue weighted by Gasteiger charge is 2.38. The van der Waals surface area contributed by atoms with Crippen LogP contribution in [0, 0.1) is 5.92 Å². The topological polar surface area (TPSA) is 108 Å². The van der Waals surface area contributed by atoms with Gasteiger partial charge in [-0.2, -0.15) is 0 Å². The van der Waals surface area contributed by atoms with Crippen LogP contribution in [0.4, 0.5) is 0 Å². The van der Waals surface area contributed by atoms with Gasteiger partial charge in [-0.3, -0.25) is 9.59 Å². The summed E-state index contributed by atoms with van der Waals surface area (Å²) in [6, 6.07) is 17.8. The van der Waals surface area contributed by atoms with E-state index in [0.29, 0.717) is 19.5 Å². The molecule has 1 aliphatic heterocycles. The number of carbonyl (C=O) groups excluding carboxylic acids is 2. The van der Waals surface area contributed by atoms with Gasteiger partial charge in [0.25, 0.3) is 0 Å². The molecule has 166 valence electrons. The van der Waals surface area contributed by atoms with Crippen LogP contribution in [0.3, 0.4) is 0 Å². The number of benzene rings is 2. The second-order valence-electron chi connectivity index (χ2n) is 7.98. The molecule has 7 heteroatoms. The van der Waals surface area contributed by atoms with Gasteiger partial charge in [0, 0.05) is 25.6 Å². The van der Waals surface area contributed by atoms with E-state index in [1.54, 1.807) is 11.9 Å². The van der Waals surface area contributed by atoms with Crippen LogP contribution < -0.4 is 16.4 Å². The number of nitrogens with two attached hydrogens (primary N) is 1. The van der Waals surface area contributed by atoms with Crippen molar-refractivity contribution in [1.29, 1.82) is 0 Å². The predicted molar refractivity (Wildman–Crippen MR) is 120 cm³/mol. The lowest BCUT2D eigenvalue weighted by atomic mass is 9.97. The maximum atomic E-state index is 13.3. The molecule has 0 spiro atoms. The zero-order chi connectivity index (χ0) is 22.2. The highest BCUT2D eigenvalue weighted by atomic mass is 16.3. The smallest absolute Gasteiger partial charge is 0.243 e. The summed E-state index contributed by atoms with van der Waals surface area (Å²) < 4.78 is 0. The molecule has 2 aromatic carbocycles. The summed E-state index contributed by atoms with van der Waals surface area (Å²) in [5.74, 6) is -0.879. The third-order valence-corrected chi connectivity index (χ3v) is 5.88. The average molecular weight is 425 g/mol. The number of aliphatic hydroxyl groups excluding tert-OH is 1. The molecule has 1 heterocycles.